The lowest BCUT2D eigenvalue weighted by Crippen LogP contribution is -2.61. The standard InChI is InChI=1S/C33H43N5O7/c1-19(2)27-29(40)35-21(4)30(41)38-15-7-8-25(37-38)28(39)34-20(3)24-12-11-23-10-9-22(16-26(23)36-24)13-14-33(31(42)45-27)17-43-32(5,6)44-18-33/h9-14,16,19-21,25,27,37H,7-8,15,17-18H2,1-6H3,(H,34,39)(H,35,40)/b14-13+/t20-,21?,25?,27?/m1/s1. The number of hydrogen-bond acceptors (Lipinski definition) is 9. The van der Waals surface area contributed by atoms with Crippen LogP contribution in [0, 0.1) is 11.3 Å². The van der Waals surface area contributed by atoms with Crippen molar-refractivity contribution in [2.75, 3.05) is 19.8 Å². The number of pyridine rings is 1. The van der Waals surface area contributed by atoms with Crippen LogP contribution in [0.2, 0.25) is 0 Å². The average Bonchev–Trinajstić information content (AvgIpc) is 3.01. The van der Waals surface area contributed by atoms with Crippen molar-refractivity contribution in [3.8, 4) is 0 Å². The van der Waals surface area contributed by atoms with Crippen LogP contribution in [-0.4, -0.2) is 77.4 Å². The average molecular weight is 622 g/mol. The summed E-state index contributed by atoms with van der Waals surface area (Å²) in [5.41, 5.74) is 3.87. The van der Waals surface area contributed by atoms with E-state index >= 15 is 0 Å². The highest BCUT2D eigenvalue weighted by atomic mass is 16.7. The lowest BCUT2D eigenvalue weighted by molar-refractivity contribution is -0.277. The van der Waals surface area contributed by atoms with Gasteiger partial charge in [-0.3, -0.25) is 29.2 Å². The summed E-state index contributed by atoms with van der Waals surface area (Å²) in [6.07, 6.45) is 3.45. The number of benzene rings is 1. The van der Waals surface area contributed by atoms with E-state index in [0.29, 0.717) is 30.6 Å². The largest absolute Gasteiger partial charge is 0.451 e. The van der Waals surface area contributed by atoms with Gasteiger partial charge in [0.05, 0.1) is 30.5 Å². The number of nitrogens with one attached hydrogen (secondary N) is 3. The maximum Gasteiger partial charge on any atom is 0.321 e. The van der Waals surface area contributed by atoms with Gasteiger partial charge in [-0.25, -0.2) is 5.43 Å². The SMILES string of the molecule is CC1NC(=O)C(C(C)C)OC(=O)C2(/C=C/c3ccc4ccc(nc4c3)[C@@H](C)NC(=O)C3CCCN(N3)C1=O)COC(C)(C)OC2. The molecule has 2 aromatic rings. The van der Waals surface area contributed by atoms with E-state index < -0.39 is 59.1 Å². The Balaban J connectivity index is 1.54. The number of hydrazine groups is 1. The summed E-state index contributed by atoms with van der Waals surface area (Å²) in [6.45, 7) is 10.8. The summed E-state index contributed by atoms with van der Waals surface area (Å²) in [7, 11) is 0. The van der Waals surface area contributed by atoms with Crippen molar-refractivity contribution in [3.05, 3.63) is 47.7 Å². The minimum absolute atomic E-state index is 0.0222. The molecule has 0 radical (unpaired) electrons. The van der Waals surface area contributed by atoms with Crippen molar-refractivity contribution in [1.29, 1.82) is 0 Å². The van der Waals surface area contributed by atoms with Crippen molar-refractivity contribution in [2.45, 2.75) is 84.4 Å². The Kier molecular flexibility index (Phi) is 9.29. The minimum atomic E-state index is -1.33. The Morgan fingerprint density at radius 2 is 1.64 bits per heavy atom. The van der Waals surface area contributed by atoms with Crippen molar-refractivity contribution in [2.24, 2.45) is 11.3 Å². The van der Waals surface area contributed by atoms with E-state index in [2.05, 4.69) is 16.1 Å². The number of carbonyl (C=O) groups excluding carboxylic acids is 4. The summed E-state index contributed by atoms with van der Waals surface area (Å²) >= 11 is 0. The van der Waals surface area contributed by atoms with Crippen molar-refractivity contribution >= 4 is 40.7 Å². The molecule has 1 spiro atoms. The summed E-state index contributed by atoms with van der Waals surface area (Å²) < 4.78 is 17.7. The summed E-state index contributed by atoms with van der Waals surface area (Å²) in [5.74, 6) is -3.23. The highest BCUT2D eigenvalue weighted by Gasteiger charge is 2.47. The van der Waals surface area contributed by atoms with Crippen LogP contribution in [0.4, 0.5) is 0 Å². The zero-order valence-electron chi connectivity index (χ0n) is 26.7. The van der Waals surface area contributed by atoms with Gasteiger partial charge in [0.25, 0.3) is 11.8 Å². The molecule has 3 unspecified atom stereocenters. The smallest absolute Gasteiger partial charge is 0.321 e. The van der Waals surface area contributed by atoms with Gasteiger partial charge >= 0.3 is 5.97 Å². The number of cyclic esters (lactones) is 1. The molecule has 3 aliphatic heterocycles. The second-order valence-corrected chi connectivity index (χ2v) is 13.0. The topological polar surface area (TPSA) is 148 Å². The molecule has 12 nitrogen and oxygen atoms in total. The molecular formula is C33H43N5O7. The maximum atomic E-state index is 13.9. The lowest BCUT2D eigenvalue weighted by atomic mass is 9.87. The Morgan fingerprint density at radius 1 is 0.956 bits per heavy atom. The highest BCUT2D eigenvalue weighted by Crippen LogP contribution is 2.34. The predicted molar refractivity (Wildman–Crippen MR) is 166 cm³/mol. The summed E-state index contributed by atoms with van der Waals surface area (Å²) in [6, 6.07) is 7.60. The molecule has 12 heteroatoms. The first kappa shape index (κ1) is 32.5. The van der Waals surface area contributed by atoms with Gasteiger partial charge in [0.15, 0.2) is 11.9 Å². The third-order valence-corrected chi connectivity index (χ3v) is 8.49. The zero-order chi connectivity index (χ0) is 32.5. The molecule has 3 aliphatic rings. The highest BCUT2D eigenvalue weighted by molar-refractivity contribution is 5.92. The van der Waals surface area contributed by atoms with Crippen LogP contribution in [0.5, 0.6) is 0 Å². The minimum Gasteiger partial charge on any atom is -0.451 e. The van der Waals surface area contributed by atoms with E-state index in [1.165, 1.54) is 5.01 Å². The van der Waals surface area contributed by atoms with E-state index in [1.54, 1.807) is 46.8 Å². The van der Waals surface area contributed by atoms with E-state index in [0.717, 1.165) is 10.9 Å². The van der Waals surface area contributed by atoms with Gasteiger partial charge in [0, 0.05) is 11.9 Å². The van der Waals surface area contributed by atoms with Crippen LogP contribution in [-0.2, 0) is 33.4 Å². The molecule has 3 amide bonds. The number of rotatable bonds is 1. The Hall–Kier alpha value is -3.87. The molecule has 3 N–H and O–H groups in total. The van der Waals surface area contributed by atoms with Crippen LogP contribution in [0.25, 0.3) is 17.0 Å². The zero-order valence-corrected chi connectivity index (χ0v) is 26.7. The fourth-order valence-electron chi connectivity index (χ4n) is 5.56. The number of amides is 3. The molecule has 4 atom stereocenters. The number of esters is 1. The van der Waals surface area contributed by atoms with Crippen LogP contribution < -0.4 is 16.1 Å². The van der Waals surface area contributed by atoms with Crippen molar-refractivity contribution < 1.29 is 33.4 Å². The molecule has 45 heavy (non-hydrogen) atoms. The lowest BCUT2D eigenvalue weighted by Gasteiger charge is -2.41. The molecule has 242 valence electrons. The number of ether oxygens (including phenoxy) is 3. The fraction of sp³-hybridized carbons (Fsp3) is 0.545. The summed E-state index contributed by atoms with van der Waals surface area (Å²) in [5, 5.41) is 8.01. The number of carbonyl (C=O) groups is 4. The van der Waals surface area contributed by atoms with Gasteiger partial charge in [-0.2, -0.15) is 0 Å². The second-order valence-electron chi connectivity index (χ2n) is 13.0. The van der Waals surface area contributed by atoms with Crippen LogP contribution in [0.3, 0.4) is 0 Å². The molecule has 0 saturated carbocycles. The predicted octanol–water partition coefficient (Wildman–Crippen LogP) is 2.78. The van der Waals surface area contributed by atoms with Gasteiger partial charge < -0.3 is 24.8 Å². The molecule has 5 bridgehead atoms. The van der Waals surface area contributed by atoms with E-state index in [9.17, 15) is 19.2 Å². The van der Waals surface area contributed by atoms with Crippen molar-refractivity contribution in [3.63, 3.8) is 0 Å². The molecule has 2 fully saturated rings. The molecular weight excluding hydrogens is 578 g/mol. The van der Waals surface area contributed by atoms with Crippen molar-refractivity contribution in [1.82, 2.24) is 26.1 Å². The van der Waals surface area contributed by atoms with Crippen LogP contribution in [0.1, 0.15) is 71.7 Å². The second kappa shape index (κ2) is 12.9. The van der Waals surface area contributed by atoms with Gasteiger partial charge in [-0.1, -0.05) is 44.2 Å². The fourth-order valence-corrected chi connectivity index (χ4v) is 5.56. The quantitative estimate of drug-likeness (QED) is 0.409. The molecule has 2 saturated heterocycles. The van der Waals surface area contributed by atoms with E-state index in [4.69, 9.17) is 19.2 Å². The molecule has 0 aliphatic carbocycles. The maximum absolute atomic E-state index is 13.9. The normalized spacial score (nSPS) is 28.5. The van der Waals surface area contributed by atoms with Gasteiger partial charge in [-0.15, -0.1) is 0 Å². The first-order chi connectivity index (χ1) is 21.3. The third-order valence-electron chi connectivity index (χ3n) is 8.49. The number of hydrogen-bond donors (Lipinski definition) is 3. The number of fused-ring (bicyclic) bond motifs is 4. The van der Waals surface area contributed by atoms with E-state index in [1.807, 2.05) is 37.3 Å². The van der Waals surface area contributed by atoms with Gasteiger partial charge in [0.2, 0.25) is 5.91 Å². The molecule has 4 heterocycles. The molecule has 1 aromatic carbocycles. The van der Waals surface area contributed by atoms with Gasteiger partial charge in [0.1, 0.15) is 17.5 Å². The van der Waals surface area contributed by atoms with Crippen LogP contribution >= 0.6 is 0 Å². The Labute approximate surface area is 263 Å². The third kappa shape index (κ3) is 7.18. The number of aromatic nitrogens is 1. The monoisotopic (exact) mass is 621 g/mol. The first-order valence-corrected chi connectivity index (χ1v) is 15.5. The Morgan fingerprint density at radius 3 is 2.36 bits per heavy atom. The summed E-state index contributed by atoms with van der Waals surface area (Å²) in [4.78, 5) is 58.8. The molecule has 1 aromatic heterocycles. The first-order valence-electron chi connectivity index (χ1n) is 15.5. The van der Waals surface area contributed by atoms with E-state index in [-0.39, 0.29) is 19.1 Å². The Bertz CT molecular complexity index is 1500. The van der Waals surface area contributed by atoms with Crippen LogP contribution in [0.15, 0.2) is 36.4 Å². The van der Waals surface area contributed by atoms with Gasteiger partial charge in [-0.05, 0) is 64.2 Å². The molecule has 5 rings (SSSR count). The number of nitrogens with zero attached hydrogens (tertiary/aromatic N) is 2.